The fourth-order valence-corrected chi connectivity index (χ4v) is 0.624. The van der Waals surface area contributed by atoms with Crippen molar-refractivity contribution >= 4 is 16.1 Å². The summed E-state index contributed by atoms with van der Waals surface area (Å²) in [5.41, 5.74) is 0. The average molecular weight is 154 g/mol. The van der Waals surface area contributed by atoms with E-state index in [1.54, 1.807) is 0 Å². The van der Waals surface area contributed by atoms with Crippen LogP contribution in [0.4, 0.5) is 0 Å². The van der Waals surface area contributed by atoms with Gasteiger partial charge in [0.05, 0.1) is 7.11 Å². The second-order valence-electron chi connectivity index (χ2n) is 1.30. The van der Waals surface area contributed by atoms with Crippen molar-refractivity contribution in [1.29, 1.82) is 0 Å². The highest BCUT2D eigenvalue weighted by atomic mass is 32.2. The molecule has 0 fully saturated rings. The van der Waals surface area contributed by atoms with Gasteiger partial charge in [-0.2, -0.15) is 8.42 Å². The number of methoxy groups -OCH3 is 1. The molecule has 0 radical (unpaired) electrons. The van der Waals surface area contributed by atoms with E-state index in [9.17, 15) is 13.2 Å². The molecule has 0 aromatic rings. The molecule has 1 N–H and O–H groups in total. The van der Waals surface area contributed by atoms with Crippen LogP contribution in [0.5, 0.6) is 0 Å². The summed E-state index contributed by atoms with van der Waals surface area (Å²) in [6, 6.07) is 0. The summed E-state index contributed by atoms with van der Waals surface area (Å²) in [5.74, 6) is -1.96. The van der Waals surface area contributed by atoms with E-state index in [1.165, 1.54) is 0 Å². The second-order valence-corrected chi connectivity index (χ2v) is 2.75. The van der Waals surface area contributed by atoms with Crippen LogP contribution in [0.1, 0.15) is 0 Å². The maximum Gasteiger partial charge on any atom is 0.323 e. The Hall–Kier alpha value is -0.620. The topological polar surface area (TPSA) is 80.7 Å². The zero-order valence-electron chi connectivity index (χ0n) is 4.70. The van der Waals surface area contributed by atoms with Gasteiger partial charge in [-0.05, 0) is 0 Å². The van der Waals surface area contributed by atoms with Crippen LogP contribution < -0.4 is 0 Å². The van der Waals surface area contributed by atoms with Crippen LogP contribution >= 0.6 is 0 Å². The van der Waals surface area contributed by atoms with E-state index < -0.39 is 21.8 Å². The van der Waals surface area contributed by atoms with E-state index in [4.69, 9.17) is 4.55 Å². The third-order valence-electron chi connectivity index (χ3n) is 0.528. The van der Waals surface area contributed by atoms with Gasteiger partial charge in [0.2, 0.25) is 0 Å². The molecule has 0 aromatic heterocycles. The number of hydrogen-bond acceptors (Lipinski definition) is 4. The van der Waals surface area contributed by atoms with Crippen LogP contribution in [-0.2, 0) is 19.6 Å². The fraction of sp³-hybridized carbons (Fsp3) is 0.667. The minimum Gasteiger partial charge on any atom is -0.468 e. The van der Waals surface area contributed by atoms with E-state index in [1.807, 2.05) is 0 Å². The van der Waals surface area contributed by atoms with Crippen molar-refractivity contribution < 1.29 is 22.5 Å². The number of carbonyl (C=O) groups is 1. The molecule has 0 atom stereocenters. The Balaban J connectivity index is 3.91. The Morgan fingerprint density at radius 2 is 2.11 bits per heavy atom. The summed E-state index contributed by atoms with van der Waals surface area (Å²) < 4.78 is 31.6. The maximum absolute atomic E-state index is 10.1. The van der Waals surface area contributed by atoms with Crippen molar-refractivity contribution in [2.75, 3.05) is 12.9 Å². The van der Waals surface area contributed by atoms with Gasteiger partial charge in [0.15, 0.2) is 5.75 Å². The first-order valence-corrected chi connectivity index (χ1v) is 3.58. The Morgan fingerprint density at radius 1 is 1.67 bits per heavy atom. The molecular formula is C3H6O5S. The van der Waals surface area contributed by atoms with Crippen LogP contribution in [0, 0.1) is 0 Å². The van der Waals surface area contributed by atoms with Gasteiger partial charge < -0.3 is 4.74 Å². The first-order chi connectivity index (χ1) is 3.95. The van der Waals surface area contributed by atoms with Gasteiger partial charge in [0.25, 0.3) is 10.1 Å². The monoisotopic (exact) mass is 154 g/mol. The second kappa shape index (κ2) is 2.79. The lowest BCUT2D eigenvalue weighted by Gasteiger charge is -1.92. The highest BCUT2D eigenvalue weighted by Crippen LogP contribution is 1.82. The van der Waals surface area contributed by atoms with Crippen LogP contribution in [0.15, 0.2) is 0 Å². The highest BCUT2D eigenvalue weighted by Gasteiger charge is 2.11. The number of rotatable bonds is 2. The van der Waals surface area contributed by atoms with Gasteiger partial charge in [-0.15, -0.1) is 0 Å². The van der Waals surface area contributed by atoms with Crippen LogP contribution in [0.25, 0.3) is 0 Å². The molecule has 0 saturated heterocycles. The van der Waals surface area contributed by atoms with Crippen molar-refractivity contribution in [2.24, 2.45) is 0 Å². The Bertz CT molecular complexity index is 190. The molecule has 0 unspecified atom stereocenters. The molecule has 0 amide bonds. The largest absolute Gasteiger partial charge is 0.468 e. The number of carbonyl (C=O) groups excluding carboxylic acids is 1. The zero-order valence-corrected chi connectivity index (χ0v) is 5.51. The molecule has 0 heterocycles. The van der Waals surface area contributed by atoms with Crippen molar-refractivity contribution in [1.82, 2.24) is 0 Å². The van der Waals surface area contributed by atoms with Crippen LogP contribution in [-0.4, -0.2) is 31.8 Å². The SMILES string of the molecule is COC(=O)CS(=O)(=O)O. The van der Waals surface area contributed by atoms with Crippen molar-refractivity contribution in [2.45, 2.75) is 0 Å². The smallest absolute Gasteiger partial charge is 0.323 e. The van der Waals surface area contributed by atoms with Gasteiger partial charge in [0, 0.05) is 0 Å². The lowest BCUT2D eigenvalue weighted by molar-refractivity contribution is -0.137. The summed E-state index contributed by atoms with van der Waals surface area (Å²) in [6.45, 7) is 0. The summed E-state index contributed by atoms with van der Waals surface area (Å²) in [5, 5.41) is 0. The van der Waals surface area contributed by atoms with Gasteiger partial charge in [-0.1, -0.05) is 0 Å². The van der Waals surface area contributed by atoms with Gasteiger partial charge >= 0.3 is 5.97 Å². The van der Waals surface area contributed by atoms with Crippen LogP contribution in [0.2, 0.25) is 0 Å². The van der Waals surface area contributed by atoms with Gasteiger partial charge in [-0.25, -0.2) is 0 Å². The molecule has 54 valence electrons. The molecule has 9 heavy (non-hydrogen) atoms. The third kappa shape index (κ3) is 5.25. The molecule has 0 bridgehead atoms. The molecular weight excluding hydrogens is 148 g/mol. The van der Waals surface area contributed by atoms with Crippen molar-refractivity contribution in [3.05, 3.63) is 0 Å². The number of ether oxygens (including phenoxy) is 1. The quantitative estimate of drug-likeness (QED) is 0.409. The minimum atomic E-state index is -4.21. The summed E-state index contributed by atoms with van der Waals surface area (Å²) in [6.07, 6.45) is 0. The normalized spacial score (nSPS) is 10.9. The summed E-state index contributed by atoms with van der Waals surface area (Å²) in [7, 11) is -3.17. The lowest BCUT2D eigenvalue weighted by Crippen LogP contribution is -2.15. The number of esters is 1. The molecule has 0 aliphatic rings. The van der Waals surface area contributed by atoms with Crippen LogP contribution in [0.3, 0.4) is 0 Å². The average Bonchev–Trinajstić information content (AvgIpc) is 1.62. The molecule has 0 saturated carbocycles. The standard InChI is InChI=1S/C3H6O5S/c1-8-3(4)2-9(5,6)7/h2H2,1H3,(H,5,6,7). The van der Waals surface area contributed by atoms with Gasteiger partial charge in [0.1, 0.15) is 0 Å². The summed E-state index contributed by atoms with van der Waals surface area (Å²) >= 11 is 0. The Morgan fingerprint density at radius 3 is 2.22 bits per heavy atom. The van der Waals surface area contributed by atoms with E-state index in [0.717, 1.165) is 7.11 Å². The van der Waals surface area contributed by atoms with E-state index in [-0.39, 0.29) is 0 Å². The Labute approximate surface area is 52.4 Å². The third-order valence-corrected chi connectivity index (χ3v) is 1.13. The minimum absolute atomic E-state index is 0.975. The molecule has 0 aliphatic carbocycles. The highest BCUT2D eigenvalue weighted by molar-refractivity contribution is 7.86. The maximum atomic E-state index is 10.1. The Kier molecular flexibility index (Phi) is 2.60. The zero-order chi connectivity index (χ0) is 7.49. The summed E-state index contributed by atoms with van der Waals surface area (Å²) in [4.78, 5) is 10.1. The number of hydrogen-bond donors (Lipinski definition) is 1. The van der Waals surface area contributed by atoms with Crippen molar-refractivity contribution in [3.8, 4) is 0 Å². The fourth-order valence-electron chi connectivity index (χ4n) is 0.208. The first-order valence-electron chi connectivity index (χ1n) is 1.97. The molecule has 6 heteroatoms. The first kappa shape index (κ1) is 8.38. The molecule has 0 aromatic carbocycles. The van der Waals surface area contributed by atoms with Crippen molar-refractivity contribution in [3.63, 3.8) is 0 Å². The molecule has 0 aliphatic heterocycles. The lowest BCUT2D eigenvalue weighted by atomic mass is 10.8. The van der Waals surface area contributed by atoms with Gasteiger partial charge in [-0.3, -0.25) is 9.35 Å². The van der Waals surface area contributed by atoms with E-state index >= 15 is 0 Å². The molecule has 0 rings (SSSR count). The van der Waals surface area contributed by atoms with E-state index in [2.05, 4.69) is 4.74 Å². The predicted octanol–water partition coefficient (Wildman–Crippen LogP) is -0.953. The van der Waals surface area contributed by atoms with E-state index in [0.29, 0.717) is 0 Å². The molecule has 5 nitrogen and oxygen atoms in total. The molecule has 0 spiro atoms. The predicted molar refractivity (Wildman–Crippen MR) is 28.4 cm³/mol.